The number of rotatable bonds is 1. The zero-order valence-corrected chi connectivity index (χ0v) is 7.61. The largest absolute Gasteiger partial charge is 0.311 e. The average Bonchev–Trinajstić information content (AvgIpc) is 2.80. The van der Waals surface area contributed by atoms with Crippen molar-refractivity contribution in [1.82, 2.24) is 10.3 Å². The van der Waals surface area contributed by atoms with Crippen LogP contribution in [0, 0.1) is 0 Å². The van der Waals surface area contributed by atoms with Crippen molar-refractivity contribution in [1.29, 1.82) is 0 Å². The molecule has 2 saturated heterocycles. The number of hydrogen-bond donors (Lipinski definition) is 1. The second kappa shape index (κ2) is 2.81. The monoisotopic (exact) mass is 174 g/mol. The predicted octanol–water partition coefficient (Wildman–Crippen LogP) is 1.69. The Morgan fingerprint density at radius 1 is 1.38 bits per heavy atom. The van der Waals surface area contributed by atoms with Crippen LogP contribution in [0.2, 0.25) is 0 Å². The van der Waals surface area contributed by atoms with Crippen LogP contribution in [0.4, 0.5) is 0 Å². The summed E-state index contributed by atoms with van der Waals surface area (Å²) in [7, 11) is 0. The van der Waals surface area contributed by atoms with Crippen LogP contribution >= 0.6 is 0 Å². The first kappa shape index (κ1) is 7.51. The van der Waals surface area contributed by atoms with Crippen molar-refractivity contribution in [3.05, 3.63) is 30.1 Å². The van der Waals surface area contributed by atoms with Gasteiger partial charge in [0.05, 0.1) is 0 Å². The van der Waals surface area contributed by atoms with Gasteiger partial charge < -0.3 is 5.32 Å². The van der Waals surface area contributed by atoms with Gasteiger partial charge in [-0.05, 0) is 30.9 Å². The van der Waals surface area contributed by atoms with Crippen LogP contribution in [-0.2, 0) is 0 Å². The second-order valence-electron chi connectivity index (χ2n) is 4.18. The van der Waals surface area contributed by atoms with Crippen molar-refractivity contribution in [2.45, 2.75) is 37.3 Å². The molecule has 0 spiro atoms. The Hall–Kier alpha value is -0.890. The molecule has 1 aromatic heterocycles. The molecule has 1 N–H and O–H groups in total. The summed E-state index contributed by atoms with van der Waals surface area (Å²) < 4.78 is 0. The molecule has 0 saturated carbocycles. The van der Waals surface area contributed by atoms with Crippen molar-refractivity contribution in [2.24, 2.45) is 0 Å². The fourth-order valence-electron chi connectivity index (χ4n) is 2.79. The zero-order valence-electron chi connectivity index (χ0n) is 7.61. The lowest BCUT2D eigenvalue weighted by molar-refractivity contribution is 0.505. The van der Waals surface area contributed by atoms with E-state index in [4.69, 9.17) is 0 Å². The molecule has 2 aliphatic heterocycles. The van der Waals surface area contributed by atoms with E-state index >= 15 is 0 Å². The highest BCUT2D eigenvalue weighted by molar-refractivity contribution is 5.21. The highest BCUT2D eigenvalue weighted by Crippen LogP contribution is 2.39. The molecule has 3 heterocycles. The van der Waals surface area contributed by atoms with E-state index in [1.165, 1.54) is 24.8 Å². The molecule has 2 fully saturated rings. The van der Waals surface area contributed by atoms with Gasteiger partial charge in [0, 0.05) is 30.4 Å². The molecule has 0 unspecified atom stereocenters. The van der Waals surface area contributed by atoms with Crippen LogP contribution in [0.3, 0.4) is 0 Å². The van der Waals surface area contributed by atoms with Gasteiger partial charge in [0.2, 0.25) is 0 Å². The van der Waals surface area contributed by atoms with Gasteiger partial charge >= 0.3 is 0 Å². The highest BCUT2D eigenvalue weighted by Gasteiger charge is 2.39. The van der Waals surface area contributed by atoms with Crippen LogP contribution < -0.4 is 5.32 Å². The normalized spacial score (nSPS) is 36.8. The Morgan fingerprint density at radius 2 is 2.38 bits per heavy atom. The molecular formula is C11H14N2. The molecule has 0 aliphatic carbocycles. The van der Waals surface area contributed by atoms with E-state index < -0.39 is 0 Å². The first-order valence-corrected chi connectivity index (χ1v) is 5.09. The first-order valence-electron chi connectivity index (χ1n) is 5.09. The molecule has 0 amide bonds. The van der Waals surface area contributed by atoms with Crippen LogP contribution in [0.1, 0.15) is 30.7 Å². The van der Waals surface area contributed by atoms with Gasteiger partial charge in [-0.2, -0.15) is 0 Å². The Balaban J connectivity index is 1.87. The number of fused-ring (bicyclic) bond motifs is 2. The molecule has 1 aromatic rings. The van der Waals surface area contributed by atoms with E-state index in [-0.39, 0.29) is 0 Å². The van der Waals surface area contributed by atoms with Gasteiger partial charge in [0.1, 0.15) is 0 Å². The van der Waals surface area contributed by atoms with Crippen molar-refractivity contribution < 1.29 is 0 Å². The Kier molecular flexibility index (Phi) is 1.62. The summed E-state index contributed by atoms with van der Waals surface area (Å²) in [5.74, 6) is 0.729. The number of pyridine rings is 1. The predicted molar refractivity (Wildman–Crippen MR) is 51.5 cm³/mol. The van der Waals surface area contributed by atoms with Gasteiger partial charge in [-0.3, -0.25) is 4.98 Å². The maximum atomic E-state index is 4.19. The van der Waals surface area contributed by atoms with Gasteiger partial charge in [0.25, 0.3) is 0 Å². The number of nitrogens with one attached hydrogen (secondary N) is 1. The van der Waals surface area contributed by atoms with Crippen molar-refractivity contribution in [3.8, 4) is 0 Å². The summed E-state index contributed by atoms with van der Waals surface area (Å²) >= 11 is 0. The third kappa shape index (κ3) is 1.17. The van der Waals surface area contributed by atoms with Crippen LogP contribution in [0.5, 0.6) is 0 Å². The van der Waals surface area contributed by atoms with Crippen molar-refractivity contribution in [2.75, 3.05) is 0 Å². The molecule has 2 nitrogen and oxygen atoms in total. The summed E-state index contributed by atoms with van der Waals surface area (Å²) in [4.78, 5) is 4.19. The molecule has 2 bridgehead atoms. The highest BCUT2D eigenvalue weighted by atomic mass is 15.0. The second-order valence-corrected chi connectivity index (χ2v) is 4.18. The lowest BCUT2D eigenvalue weighted by Crippen LogP contribution is -2.21. The van der Waals surface area contributed by atoms with Gasteiger partial charge in [0.15, 0.2) is 0 Å². The molecule has 0 radical (unpaired) electrons. The minimum atomic E-state index is 0.729. The maximum absolute atomic E-state index is 4.19. The van der Waals surface area contributed by atoms with E-state index in [0.717, 1.165) is 18.0 Å². The Labute approximate surface area is 78.4 Å². The Morgan fingerprint density at radius 3 is 3.00 bits per heavy atom. The SMILES string of the molecule is c1cncc([C@H]2C[C@H]3CC[C@H]2N3)c1. The molecule has 2 aliphatic rings. The van der Waals surface area contributed by atoms with E-state index in [9.17, 15) is 0 Å². The smallest absolute Gasteiger partial charge is 0.0303 e. The van der Waals surface area contributed by atoms with Crippen LogP contribution in [0.25, 0.3) is 0 Å². The first-order chi connectivity index (χ1) is 6.43. The number of nitrogens with zero attached hydrogens (tertiary/aromatic N) is 1. The molecule has 3 atom stereocenters. The Bertz CT molecular complexity index is 296. The summed E-state index contributed by atoms with van der Waals surface area (Å²) in [6, 6.07) is 5.77. The quantitative estimate of drug-likeness (QED) is 0.700. The fraction of sp³-hybridized carbons (Fsp3) is 0.545. The fourth-order valence-corrected chi connectivity index (χ4v) is 2.79. The average molecular weight is 174 g/mol. The summed E-state index contributed by atoms with van der Waals surface area (Å²) in [6.45, 7) is 0. The topological polar surface area (TPSA) is 24.9 Å². The van der Waals surface area contributed by atoms with Gasteiger partial charge in [-0.1, -0.05) is 6.07 Å². The van der Waals surface area contributed by atoms with Crippen molar-refractivity contribution in [3.63, 3.8) is 0 Å². The van der Waals surface area contributed by atoms with Crippen LogP contribution in [-0.4, -0.2) is 17.1 Å². The number of aromatic nitrogens is 1. The summed E-state index contributed by atoms with van der Waals surface area (Å²) in [5, 5.41) is 3.65. The summed E-state index contributed by atoms with van der Waals surface area (Å²) in [6.07, 6.45) is 7.92. The third-order valence-electron chi connectivity index (χ3n) is 3.41. The van der Waals surface area contributed by atoms with E-state index in [1.807, 2.05) is 18.5 Å². The standard InChI is InChI=1S/C11H14N2/c1-2-8(7-12-5-1)10-6-9-3-4-11(10)13-9/h1-2,5,7,9-11,13H,3-4,6H2/t9-,10-,11-/m1/s1. The minimum absolute atomic E-state index is 0.729. The molecule has 68 valence electrons. The minimum Gasteiger partial charge on any atom is -0.311 e. The zero-order chi connectivity index (χ0) is 8.67. The number of hydrogen-bond acceptors (Lipinski definition) is 2. The maximum Gasteiger partial charge on any atom is 0.0303 e. The van der Waals surface area contributed by atoms with E-state index in [0.29, 0.717) is 0 Å². The molecule has 0 aromatic carbocycles. The molecule has 3 rings (SSSR count). The lowest BCUT2D eigenvalue weighted by atomic mass is 9.85. The third-order valence-corrected chi connectivity index (χ3v) is 3.41. The molecule has 13 heavy (non-hydrogen) atoms. The van der Waals surface area contributed by atoms with Gasteiger partial charge in [-0.25, -0.2) is 0 Å². The lowest BCUT2D eigenvalue weighted by Gasteiger charge is -2.19. The van der Waals surface area contributed by atoms with E-state index in [2.05, 4.69) is 16.4 Å². The van der Waals surface area contributed by atoms with Crippen molar-refractivity contribution >= 4 is 0 Å². The van der Waals surface area contributed by atoms with Gasteiger partial charge in [-0.15, -0.1) is 0 Å². The molecular weight excluding hydrogens is 160 g/mol. The van der Waals surface area contributed by atoms with Crippen LogP contribution in [0.15, 0.2) is 24.5 Å². The van der Waals surface area contributed by atoms with E-state index in [1.54, 1.807) is 0 Å². The summed E-state index contributed by atoms with van der Waals surface area (Å²) in [5.41, 5.74) is 1.42. The molecule has 2 heteroatoms.